The maximum absolute atomic E-state index is 12.8. The lowest BCUT2D eigenvalue weighted by atomic mass is 10.1. The van der Waals surface area contributed by atoms with Gasteiger partial charge in [-0.05, 0) is 36.1 Å². The van der Waals surface area contributed by atoms with Crippen LogP contribution < -0.4 is 0 Å². The highest BCUT2D eigenvalue weighted by Gasteiger charge is 2.06. The van der Waals surface area contributed by atoms with Gasteiger partial charge in [-0.25, -0.2) is 14.4 Å². The SMILES string of the molecule is CC(C)Cc1cc(Cl)nc(Cc2ccc(F)cc2)n1. The Morgan fingerprint density at radius 1 is 1.16 bits per heavy atom. The second-order valence-corrected chi connectivity index (χ2v) is 5.39. The molecule has 1 aromatic heterocycles. The van der Waals surface area contributed by atoms with Crippen molar-refractivity contribution in [3.63, 3.8) is 0 Å². The largest absolute Gasteiger partial charge is 0.237 e. The van der Waals surface area contributed by atoms with Crippen molar-refractivity contribution in [3.8, 4) is 0 Å². The van der Waals surface area contributed by atoms with E-state index in [-0.39, 0.29) is 5.82 Å². The molecule has 4 heteroatoms. The summed E-state index contributed by atoms with van der Waals surface area (Å²) < 4.78 is 12.8. The zero-order chi connectivity index (χ0) is 13.8. The first-order valence-corrected chi connectivity index (χ1v) is 6.67. The lowest BCUT2D eigenvalue weighted by Crippen LogP contribution is -2.04. The van der Waals surface area contributed by atoms with Gasteiger partial charge in [-0.3, -0.25) is 0 Å². The number of halogens is 2. The van der Waals surface area contributed by atoms with E-state index in [9.17, 15) is 4.39 Å². The quantitative estimate of drug-likeness (QED) is 0.788. The van der Waals surface area contributed by atoms with E-state index in [0.29, 0.717) is 23.3 Å². The van der Waals surface area contributed by atoms with Gasteiger partial charge < -0.3 is 0 Å². The monoisotopic (exact) mass is 278 g/mol. The van der Waals surface area contributed by atoms with Gasteiger partial charge in [0.15, 0.2) is 0 Å². The topological polar surface area (TPSA) is 25.8 Å². The van der Waals surface area contributed by atoms with Crippen LogP contribution in [0.1, 0.15) is 30.9 Å². The molecule has 0 saturated heterocycles. The van der Waals surface area contributed by atoms with Gasteiger partial charge in [0.25, 0.3) is 0 Å². The Balaban J connectivity index is 2.19. The molecule has 100 valence electrons. The van der Waals surface area contributed by atoms with Gasteiger partial charge in [-0.2, -0.15) is 0 Å². The molecule has 0 radical (unpaired) electrons. The second-order valence-electron chi connectivity index (χ2n) is 5.00. The summed E-state index contributed by atoms with van der Waals surface area (Å²) in [6.07, 6.45) is 1.44. The fourth-order valence-electron chi connectivity index (χ4n) is 1.90. The zero-order valence-electron chi connectivity index (χ0n) is 11.0. The highest BCUT2D eigenvalue weighted by molar-refractivity contribution is 6.29. The van der Waals surface area contributed by atoms with Crippen molar-refractivity contribution in [1.82, 2.24) is 9.97 Å². The lowest BCUT2D eigenvalue weighted by Gasteiger charge is -2.07. The normalized spacial score (nSPS) is 11.0. The molecule has 0 spiro atoms. The first kappa shape index (κ1) is 13.9. The van der Waals surface area contributed by atoms with E-state index >= 15 is 0 Å². The van der Waals surface area contributed by atoms with Gasteiger partial charge in [0, 0.05) is 12.1 Å². The smallest absolute Gasteiger partial charge is 0.134 e. The molecule has 0 amide bonds. The second kappa shape index (κ2) is 6.11. The van der Waals surface area contributed by atoms with Crippen molar-refractivity contribution in [2.45, 2.75) is 26.7 Å². The average Bonchev–Trinajstić information content (AvgIpc) is 2.30. The first-order valence-electron chi connectivity index (χ1n) is 6.29. The van der Waals surface area contributed by atoms with Crippen molar-refractivity contribution >= 4 is 11.6 Å². The summed E-state index contributed by atoms with van der Waals surface area (Å²) in [7, 11) is 0. The minimum absolute atomic E-state index is 0.240. The Kier molecular flexibility index (Phi) is 4.48. The number of aromatic nitrogens is 2. The van der Waals surface area contributed by atoms with Crippen LogP contribution in [0.3, 0.4) is 0 Å². The van der Waals surface area contributed by atoms with Crippen LogP contribution in [-0.4, -0.2) is 9.97 Å². The number of hydrogen-bond acceptors (Lipinski definition) is 2. The van der Waals surface area contributed by atoms with Crippen LogP contribution in [0.4, 0.5) is 4.39 Å². The standard InChI is InChI=1S/C15H16ClFN2/c1-10(2)7-13-9-14(16)19-15(18-13)8-11-3-5-12(17)6-4-11/h3-6,9-10H,7-8H2,1-2H3. The molecule has 0 bridgehead atoms. The molecular weight excluding hydrogens is 263 g/mol. The van der Waals surface area contributed by atoms with E-state index < -0.39 is 0 Å². The summed E-state index contributed by atoms with van der Waals surface area (Å²) >= 11 is 6.01. The van der Waals surface area contributed by atoms with Crippen molar-refractivity contribution in [2.75, 3.05) is 0 Å². The fourth-order valence-corrected chi connectivity index (χ4v) is 2.13. The average molecular weight is 279 g/mol. The predicted octanol–water partition coefficient (Wildman–Crippen LogP) is 4.06. The molecule has 19 heavy (non-hydrogen) atoms. The van der Waals surface area contributed by atoms with Crippen LogP contribution in [-0.2, 0) is 12.8 Å². The Labute approximate surface area is 117 Å². The summed E-state index contributed by atoms with van der Waals surface area (Å²) in [6.45, 7) is 4.27. The van der Waals surface area contributed by atoms with Crippen molar-refractivity contribution in [3.05, 3.63) is 58.4 Å². The molecule has 0 saturated carbocycles. The van der Waals surface area contributed by atoms with Gasteiger partial charge in [0.1, 0.15) is 16.8 Å². The van der Waals surface area contributed by atoms with E-state index in [1.165, 1.54) is 12.1 Å². The maximum Gasteiger partial charge on any atom is 0.134 e. The number of hydrogen-bond donors (Lipinski definition) is 0. The van der Waals surface area contributed by atoms with E-state index in [1.807, 2.05) is 0 Å². The Hall–Kier alpha value is -1.48. The van der Waals surface area contributed by atoms with Crippen molar-refractivity contribution in [2.24, 2.45) is 5.92 Å². The highest BCUT2D eigenvalue weighted by Crippen LogP contribution is 2.14. The molecule has 2 rings (SSSR count). The third kappa shape index (κ3) is 4.28. The van der Waals surface area contributed by atoms with Crippen LogP contribution in [0.5, 0.6) is 0 Å². The van der Waals surface area contributed by atoms with Gasteiger partial charge in [0.2, 0.25) is 0 Å². The van der Waals surface area contributed by atoms with Crippen LogP contribution in [0.15, 0.2) is 30.3 Å². The van der Waals surface area contributed by atoms with Crippen molar-refractivity contribution < 1.29 is 4.39 Å². The molecule has 0 aliphatic rings. The zero-order valence-corrected chi connectivity index (χ0v) is 11.8. The van der Waals surface area contributed by atoms with Crippen LogP contribution >= 0.6 is 11.6 Å². The molecule has 0 N–H and O–H groups in total. The third-order valence-corrected chi connectivity index (χ3v) is 2.88. The molecule has 0 fully saturated rings. The molecule has 0 atom stereocenters. The minimum atomic E-state index is -0.240. The highest BCUT2D eigenvalue weighted by atomic mass is 35.5. The Morgan fingerprint density at radius 3 is 2.47 bits per heavy atom. The van der Waals surface area contributed by atoms with Crippen LogP contribution in [0.2, 0.25) is 5.15 Å². The van der Waals surface area contributed by atoms with Crippen LogP contribution in [0, 0.1) is 11.7 Å². The van der Waals surface area contributed by atoms with E-state index in [0.717, 1.165) is 17.7 Å². The number of nitrogens with zero attached hydrogens (tertiary/aromatic N) is 2. The van der Waals surface area contributed by atoms with Crippen molar-refractivity contribution in [1.29, 1.82) is 0 Å². The van der Waals surface area contributed by atoms with Gasteiger partial charge in [-0.1, -0.05) is 37.6 Å². The Bertz CT molecular complexity index is 553. The summed E-state index contributed by atoms with van der Waals surface area (Å²) in [5.74, 6) is 0.954. The molecule has 1 heterocycles. The number of benzene rings is 1. The summed E-state index contributed by atoms with van der Waals surface area (Å²) in [6, 6.07) is 8.16. The molecule has 1 aromatic carbocycles. The summed E-state index contributed by atoms with van der Waals surface area (Å²) in [5, 5.41) is 0.461. The molecule has 0 aliphatic carbocycles. The lowest BCUT2D eigenvalue weighted by molar-refractivity contribution is 0.626. The van der Waals surface area contributed by atoms with Crippen LogP contribution in [0.25, 0.3) is 0 Å². The first-order chi connectivity index (χ1) is 9.02. The predicted molar refractivity (Wildman–Crippen MR) is 74.8 cm³/mol. The summed E-state index contributed by atoms with van der Waals surface area (Å²) in [4.78, 5) is 8.72. The fraction of sp³-hybridized carbons (Fsp3) is 0.333. The minimum Gasteiger partial charge on any atom is -0.237 e. The van der Waals surface area contributed by atoms with E-state index in [4.69, 9.17) is 11.6 Å². The molecule has 0 aliphatic heterocycles. The molecular formula is C15H16ClFN2. The third-order valence-electron chi connectivity index (χ3n) is 2.69. The number of rotatable bonds is 4. The van der Waals surface area contributed by atoms with E-state index in [2.05, 4.69) is 23.8 Å². The summed E-state index contributed by atoms with van der Waals surface area (Å²) in [5.41, 5.74) is 1.92. The van der Waals surface area contributed by atoms with Gasteiger partial charge in [-0.15, -0.1) is 0 Å². The maximum atomic E-state index is 12.8. The Morgan fingerprint density at radius 2 is 1.84 bits per heavy atom. The molecule has 2 aromatic rings. The molecule has 2 nitrogen and oxygen atoms in total. The van der Waals surface area contributed by atoms with Gasteiger partial charge >= 0.3 is 0 Å². The van der Waals surface area contributed by atoms with E-state index in [1.54, 1.807) is 18.2 Å². The molecule has 0 unspecified atom stereocenters. The van der Waals surface area contributed by atoms with Gasteiger partial charge in [0.05, 0.1) is 0 Å².